The monoisotopic (exact) mass is 337 g/mol. The first kappa shape index (κ1) is 16.5. The van der Waals surface area contributed by atoms with Crippen molar-refractivity contribution in [2.45, 2.75) is 19.1 Å². The molecule has 1 fully saturated rings. The first-order valence-corrected chi connectivity index (χ1v) is 9.06. The number of hydrogen-bond acceptors (Lipinski definition) is 6. The molecule has 3 heterocycles. The number of fused-ring (bicyclic) bond motifs is 1. The molecule has 1 aliphatic rings. The van der Waals surface area contributed by atoms with Crippen LogP contribution in [0.4, 0.5) is 0 Å². The maximum absolute atomic E-state index is 11.7. The minimum absolute atomic E-state index is 0.156. The van der Waals surface area contributed by atoms with Gasteiger partial charge in [0, 0.05) is 37.3 Å². The lowest BCUT2D eigenvalue weighted by Crippen LogP contribution is -2.21. The fourth-order valence-electron chi connectivity index (χ4n) is 3.02. The molecule has 0 unspecified atom stereocenters. The van der Waals surface area contributed by atoms with Crippen LogP contribution in [0.25, 0.3) is 11.0 Å². The molecule has 0 bridgehead atoms. The number of nitrogens with two attached hydrogens (primary N) is 1. The molecule has 1 saturated heterocycles. The fraction of sp³-hybridized carbons (Fsp3) is 0.600. The number of rotatable bonds is 7. The largest absolute Gasteiger partial charge is 0.391 e. The van der Waals surface area contributed by atoms with Crippen molar-refractivity contribution in [3.8, 4) is 0 Å². The standard InChI is InChI=1S/C15H23N5O2S/c16-2-1-3-23-8-11-6-20(7-12(11)21)5-10-4-17-14-13(10)18-9-19-15(14)22/h4,9,11-12,17,21H,1-3,5-8,16H2,(H,18,19,22)/t11-,12+/m1/s1. The molecule has 3 rings (SSSR count). The van der Waals surface area contributed by atoms with Gasteiger partial charge in [-0.05, 0) is 24.5 Å². The highest BCUT2D eigenvalue weighted by Gasteiger charge is 2.31. The predicted molar refractivity (Wildman–Crippen MR) is 92.5 cm³/mol. The van der Waals surface area contributed by atoms with Crippen LogP contribution in [0.3, 0.4) is 0 Å². The van der Waals surface area contributed by atoms with Crippen LogP contribution in [0.15, 0.2) is 17.3 Å². The quantitative estimate of drug-likeness (QED) is 0.534. The van der Waals surface area contributed by atoms with Crippen LogP contribution >= 0.6 is 11.8 Å². The molecule has 8 heteroatoms. The molecule has 0 aliphatic carbocycles. The highest BCUT2D eigenvalue weighted by molar-refractivity contribution is 7.99. The zero-order valence-electron chi connectivity index (χ0n) is 13.0. The minimum Gasteiger partial charge on any atom is -0.391 e. The number of hydrogen-bond donors (Lipinski definition) is 4. The summed E-state index contributed by atoms with van der Waals surface area (Å²) in [5, 5.41) is 10.2. The van der Waals surface area contributed by atoms with Crippen LogP contribution in [-0.2, 0) is 6.54 Å². The highest BCUT2D eigenvalue weighted by Crippen LogP contribution is 2.24. The predicted octanol–water partition coefficient (Wildman–Crippen LogP) is 0.126. The van der Waals surface area contributed by atoms with Gasteiger partial charge in [-0.25, -0.2) is 4.98 Å². The number of aromatic nitrogens is 3. The Balaban J connectivity index is 1.60. The van der Waals surface area contributed by atoms with Gasteiger partial charge >= 0.3 is 0 Å². The van der Waals surface area contributed by atoms with E-state index in [9.17, 15) is 9.90 Å². The number of aliphatic hydroxyl groups is 1. The molecule has 2 aromatic rings. The van der Waals surface area contributed by atoms with Gasteiger partial charge in [-0.2, -0.15) is 11.8 Å². The third kappa shape index (κ3) is 3.77. The molecule has 5 N–H and O–H groups in total. The van der Waals surface area contributed by atoms with E-state index in [4.69, 9.17) is 5.73 Å². The molecular weight excluding hydrogens is 314 g/mol. The van der Waals surface area contributed by atoms with Gasteiger partial charge in [0.1, 0.15) is 5.52 Å². The van der Waals surface area contributed by atoms with Crippen LogP contribution in [0.1, 0.15) is 12.0 Å². The third-order valence-electron chi connectivity index (χ3n) is 4.25. The summed E-state index contributed by atoms with van der Waals surface area (Å²) in [6.07, 6.45) is 3.99. The maximum Gasteiger partial charge on any atom is 0.275 e. The van der Waals surface area contributed by atoms with Crippen LogP contribution in [0, 0.1) is 5.92 Å². The molecule has 0 saturated carbocycles. The molecule has 0 aromatic carbocycles. The van der Waals surface area contributed by atoms with E-state index in [0.29, 0.717) is 30.0 Å². The summed E-state index contributed by atoms with van der Waals surface area (Å²) in [6.45, 7) is 2.95. The van der Waals surface area contributed by atoms with Gasteiger partial charge in [-0.15, -0.1) is 0 Å². The molecule has 2 atom stereocenters. The van der Waals surface area contributed by atoms with E-state index in [1.54, 1.807) is 0 Å². The Kier molecular flexibility index (Phi) is 5.37. The second-order valence-corrected chi connectivity index (χ2v) is 7.16. The van der Waals surface area contributed by atoms with Crippen LogP contribution in [-0.4, -0.2) is 62.2 Å². The Hall–Kier alpha value is -1.35. The van der Waals surface area contributed by atoms with E-state index in [0.717, 1.165) is 36.6 Å². The lowest BCUT2D eigenvalue weighted by molar-refractivity contribution is 0.149. The summed E-state index contributed by atoms with van der Waals surface area (Å²) in [7, 11) is 0. The van der Waals surface area contributed by atoms with E-state index in [1.807, 2.05) is 18.0 Å². The van der Waals surface area contributed by atoms with Crippen LogP contribution in [0.5, 0.6) is 0 Å². The van der Waals surface area contributed by atoms with Crippen molar-refractivity contribution in [2.75, 3.05) is 31.1 Å². The molecule has 23 heavy (non-hydrogen) atoms. The van der Waals surface area contributed by atoms with Crippen LogP contribution in [0.2, 0.25) is 0 Å². The average molecular weight is 337 g/mol. The van der Waals surface area contributed by atoms with Crippen molar-refractivity contribution < 1.29 is 5.11 Å². The molecule has 0 radical (unpaired) electrons. The number of aromatic amines is 2. The Morgan fingerprint density at radius 3 is 3.13 bits per heavy atom. The van der Waals surface area contributed by atoms with Crippen molar-refractivity contribution in [1.82, 2.24) is 19.9 Å². The summed E-state index contributed by atoms with van der Waals surface area (Å²) in [5.74, 6) is 2.30. The second kappa shape index (κ2) is 7.48. The first-order valence-electron chi connectivity index (χ1n) is 7.91. The molecule has 126 valence electrons. The number of aliphatic hydroxyl groups excluding tert-OH is 1. The van der Waals surface area contributed by atoms with Gasteiger partial charge < -0.3 is 20.8 Å². The molecule has 7 nitrogen and oxygen atoms in total. The normalized spacial score (nSPS) is 22.2. The zero-order chi connectivity index (χ0) is 16.2. The lowest BCUT2D eigenvalue weighted by Gasteiger charge is -2.14. The van der Waals surface area contributed by atoms with Crippen molar-refractivity contribution >= 4 is 22.8 Å². The smallest absolute Gasteiger partial charge is 0.275 e. The summed E-state index contributed by atoms with van der Waals surface area (Å²) in [5.41, 5.74) is 7.56. The Morgan fingerprint density at radius 1 is 1.43 bits per heavy atom. The van der Waals surface area contributed by atoms with E-state index in [2.05, 4.69) is 19.9 Å². The van der Waals surface area contributed by atoms with E-state index in [1.165, 1.54) is 6.33 Å². The van der Waals surface area contributed by atoms with Gasteiger partial charge in [-0.1, -0.05) is 0 Å². The van der Waals surface area contributed by atoms with Gasteiger partial charge in [0.05, 0.1) is 17.9 Å². The SMILES string of the molecule is NCCCSC[C@H]1CN(Cc2c[nH]c3c(=O)[nH]cnc23)C[C@@H]1O. The van der Waals surface area contributed by atoms with E-state index < -0.39 is 0 Å². The summed E-state index contributed by atoms with van der Waals surface area (Å²) in [6, 6.07) is 0. The summed E-state index contributed by atoms with van der Waals surface area (Å²) in [4.78, 5) is 23.8. The van der Waals surface area contributed by atoms with Crippen molar-refractivity contribution in [3.63, 3.8) is 0 Å². The first-order chi connectivity index (χ1) is 11.2. The Morgan fingerprint density at radius 2 is 2.30 bits per heavy atom. The van der Waals surface area contributed by atoms with E-state index in [-0.39, 0.29) is 11.7 Å². The van der Waals surface area contributed by atoms with Gasteiger partial charge in [0.25, 0.3) is 5.56 Å². The second-order valence-electron chi connectivity index (χ2n) is 6.01. The summed E-state index contributed by atoms with van der Waals surface area (Å²) < 4.78 is 0. The number of thioether (sulfide) groups is 1. The van der Waals surface area contributed by atoms with Gasteiger partial charge in [-0.3, -0.25) is 9.69 Å². The maximum atomic E-state index is 11.7. The third-order valence-corrected chi connectivity index (χ3v) is 5.49. The number of β-amino-alcohol motifs (C(OH)–C–C–N with tert-alkyl or cyclic N) is 1. The van der Waals surface area contributed by atoms with Crippen molar-refractivity contribution in [2.24, 2.45) is 11.7 Å². The highest BCUT2D eigenvalue weighted by atomic mass is 32.2. The average Bonchev–Trinajstić information content (AvgIpc) is 3.09. The Bertz CT molecular complexity index is 700. The Labute approximate surface area is 138 Å². The van der Waals surface area contributed by atoms with Crippen LogP contribution < -0.4 is 11.3 Å². The molecule has 1 aliphatic heterocycles. The zero-order valence-corrected chi connectivity index (χ0v) is 13.8. The number of nitrogens with zero attached hydrogens (tertiary/aromatic N) is 2. The minimum atomic E-state index is -0.290. The van der Waals surface area contributed by atoms with Gasteiger partial charge in [0.2, 0.25) is 0 Å². The molecular formula is C15H23N5O2S. The van der Waals surface area contributed by atoms with Crippen molar-refractivity contribution in [1.29, 1.82) is 0 Å². The molecule has 0 spiro atoms. The number of nitrogens with one attached hydrogen (secondary N) is 2. The van der Waals surface area contributed by atoms with Crippen molar-refractivity contribution in [3.05, 3.63) is 28.4 Å². The van der Waals surface area contributed by atoms with E-state index >= 15 is 0 Å². The van der Waals surface area contributed by atoms with Gasteiger partial charge in [0.15, 0.2) is 0 Å². The topological polar surface area (TPSA) is 111 Å². The molecule has 0 amide bonds. The lowest BCUT2D eigenvalue weighted by atomic mass is 10.1. The number of likely N-dealkylation sites (tertiary alicyclic amines) is 1. The molecule has 2 aromatic heterocycles. The summed E-state index contributed by atoms with van der Waals surface area (Å²) >= 11 is 1.86. The number of H-pyrrole nitrogens is 2. The fourth-order valence-corrected chi connectivity index (χ4v) is 4.19.